The van der Waals surface area contributed by atoms with E-state index in [0.717, 1.165) is 0 Å². The Morgan fingerprint density at radius 2 is 1.64 bits per heavy atom. The molecule has 20 atom stereocenters. The monoisotopic (exact) mass is 787 g/mol. The molecule has 0 aromatic carbocycles. The Hall–Kier alpha value is -1.27. The van der Waals surface area contributed by atoms with Crippen LogP contribution in [-0.2, 0) is 38.0 Å². The average Bonchev–Trinajstić information content (AvgIpc) is 3.10. The molecule has 0 radical (unpaired) electrons. The molecular weight excluding hydrogens is 712 g/mol. The highest BCUT2D eigenvalue weighted by Gasteiger charge is 2.54. The van der Waals surface area contributed by atoms with Gasteiger partial charge in [-0.25, -0.2) is 0 Å². The van der Waals surface area contributed by atoms with E-state index in [1.54, 1.807) is 40.7 Å². The number of hydrogen-bond donors (Lipinski definition) is 4. The van der Waals surface area contributed by atoms with Crippen molar-refractivity contribution >= 4 is 5.97 Å². The molecular formula is C41H74N2O12. The quantitative estimate of drug-likeness (QED) is 0.209. The van der Waals surface area contributed by atoms with Gasteiger partial charge in [0.2, 0.25) is 0 Å². The fourth-order valence-corrected chi connectivity index (χ4v) is 9.67. The van der Waals surface area contributed by atoms with Gasteiger partial charge in [0, 0.05) is 44.6 Å². The molecule has 4 aliphatic heterocycles. The third-order valence-corrected chi connectivity index (χ3v) is 13.0. The Kier molecular flexibility index (Phi) is 15.5. The number of aliphatic hydroxyl groups is 4. The minimum absolute atomic E-state index is 0.0937. The standard InChI is InChI=1S/C41H74N2O12/c1-15-28-21-43-20-22(3)18-39(9,47)35(55-38-32(44)29(42(12)13)17-23(4)50-38)24(5)33(54-31-19-40(10,49-14)34(45)27(8)51-31)25(6)37(46)53-30(16-2)41(11,48)36(52-28)26(43)7/h15,22-36,38,44-45,47-48H,1,16-21H2,2-14H3/t22-,23+,24+,25+,26+,27-,28?,29-,30-,31-,32+,33+,34-,35-,36-,38-,39+,40+,41+/m0/s1. The maximum Gasteiger partial charge on any atom is 0.311 e. The van der Waals surface area contributed by atoms with Crippen LogP contribution in [0.5, 0.6) is 0 Å². The molecule has 2 unspecified atom stereocenters. The lowest BCUT2D eigenvalue weighted by Crippen LogP contribution is -2.65. The second-order valence-electron chi connectivity index (χ2n) is 18.1. The Morgan fingerprint density at radius 1 is 0.982 bits per heavy atom. The number of fused-ring (bicyclic) bond motifs is 2. The number of ether oxygens (including phenoxy) is 7. The summed E-state index contributed by atoms with van der Waals surface area (Å²) in [4.78, 5) is 18.6. The van der Waals surface area contributed by atoms with Gasteiger partial charge in [0.1, 0.15) is 30.0 Å². The number of carbonyl (C=O) groups excluding carboxylic acids is 1. The van der Waals surface area contributed by atoms with Gasteiger partial charge in [-0.1, -0.05) is 26.8 Å². The number of esters is 1. The molecule has 14 nitrogen and oxygen atoms in total. The van der Waals surface area contributed by atoms with Crippen LogP contribution in [0.25, 0.3) is 0 Å². The predicted molar refractivity (Wildman–Crippen MR) is 206 cm³/mol. The number of methoxy groups -OCH3 is 1. The zero-order valence-electron chi connectivity index (χ0n) is 35.7. The second-order valence-corrected chi connectivity index (χ2v) is 18.1. The molecule has 4 fully saturated rings. The zero-order valence-corrected chi connectivity index (χ0v) is 35.7. The van der Waals surface area contributed by atoms with Crippen molar-refractivity contribution in [1.29, 1.82) is 0 Å². The highest BCUT2D eigenvalue weighted by molar-refractivity contribution is 5.73. The van der Waals surface area contributed by atoms with Crippen LogP contribution < -0.4 is 0 Å². The van der Waals surface area contributed by atoms with Crippen LogP contribution in [0.4, 0.5) is 0 Å². The fourth-order valence-electron chi connectivity index (χ4n) is 9.67. The Morgan fingerprint density at radius 3 is 2.22 bits per heavy atom. The first-order valence-electron chi connectivity index (χ1n) is 20.4. The number of rotatable bonds is 8. The average molecular weight is 787 g/mol. The van der Waals surface area contributed by atoms with Gasteiger partial charge in [-0.15, -0.1) is 6.58 Å². The van der Waals surface area contributed by atoms with Gasteiger partial charge in [0.25, 0.3) is 0 Å². The summed E-state index contributed by atoms with van der Waals surface area (Å²) < 4.78 is 44.5. The summed E-state index contributed by atoms with van der Waals surface area (Å²) in [5.74, 6) is -2.42. The van der Waals surface area contributed by atoms with Crippen molar-refractivity contribution in [3.63, 3.8) is 0 Å². The minimum Gasteiger partial charge on any atom is -0.459 e. The first kappa shape index (κ1) is 46.4. The lowest BCUT2D eigenvalue weighted by atomic mass is 9.77. The minimum atomic E-state index is -1.58. The summed E-state index contributed by atoms with van der Waals surface area (Å²) in [7, 11) is 5.32. The summed E-state index contributed by atoms with van der Waals surface area (Å²) >= 11 is 0. The molecule has 0 saturated carbocycles. The molecule has 4 aliphatic rings. The van der Waals surface area contributed by atoms with Gasteiger partial charge >= 0.3 is 5.97 Å². The maximum atomic E-state index is 14.4. The van der Waals surface area contributed by atoms with E-state index in [9.17, 15) is 25.2 Å². The molecule has 0 aromatic rings. The number of carbonyl (C=O) groups is 1. The lowest BCUT2D eigenvalue weighted by Gasteiger charge is -2.50. The molecule has 2 bridgehead atoms. The predicted octanol–water partition coefficient (Wildman–Crippen LogP) is 2.86. The van der Waals surface area contributed by atoms with Gasteiger partial charge in [-0.05, 0) is 87.7 Å². The Balaban J connectivity index is 1.84. The van der Waals surface area contributed by atoms with E-state index >= 15 is 0 Å². The molecule has 0 aromatic heterocycles. The molecule has 0 amide bonds. The van der Waals surface area contributed by atoms with Gasteiger partial charge in [0.15, 0.2) is 12.6 Å². The number of likely N-dealkylation sites (N-methyl/N-ethyl adjacent to an activating group) is 1. The van der Waals surface area contributed by atoms with E-state index in [0.29, 0.717) is 25.9 Å². The van der Waals surface area contributed by atoms with E-state index in [-0.39, 0.29) is 43.1 Å². The van der Waals surface area contributed by atoms with Crippen LogP contribution in [0, 0.1) is 17.8 Å². The van der Waals surface area contributed by atoms with Crippen molar-refractivity contribution in [1.82, 2.24) is 9.80 Å². The number of aliphatic hydroxyl groups excluding tert-OH is 2. The maximum absolute atomic E-state index is 14.4. The van der Waals surface area contributed by atoms with Crippen LogP contribution in [0.2, 0.25) is 0 Å². The number of hydrogen-bond acceptors (Lipinski definition) is 14. The number of cyclic esters (lactones) is 1. The lowest BCUT2D eigenvalue weighted by molar-refractivity contribution is -0.318. The van der Waals surface area contributed by atoms with E-state index in [1.165, 1.54) is 7.11 Å². The van der Waals surface area contributed by atoms with Crippen molar-refractivity contribution < 1.29 is 58.4 Å². The Labute approximate surface area is 329 Å². The molecule has 0 spiro atoms. The molecule has 4 N–H and O–H groups in total. The van der Waals surface area contributed by atoms with Crippen LogP contribution in [0.15, 0.2) is 12.7 Å². The largest absolute Gasteiger partial charge is 0.459 e. The number of nitrogens with zero attached hydrogens (tertiary/aromatic N) is 2. The van der Waals surface area contributed by atoms with Gasteiger partial charge in [-0.2, -0.15) is 0 Å². The number of morpholine rings is 1. The smallest absolute Gasteiger partial charge is 0.311 e. The molecule has 4 rings (SSSR count). The summed E-state index contributed by atoms with van der Waals surface area (Å²) in [6, 6.07) is -0.541. The van der Waals surface area contributed by atoms with Crippen molar-refractivity contribution in [2.75, 3.05) is 34.3 Å². The molecule has 4 heterocycles. The van der Waals surface area contributed by atoms with Gasteiger partial charge in [-0.3, -0.25) is 9.69 Å². The van der Waals surface area contributed by atoms with Gasteiger partial charge < -0.3 is 58.5 Å². The van der Waals surface area contributed by atoms with E-state index in [1.807, 2.05) is 46.7 Å². The van der Waals surface area contributed by atoms with Crippen molar-refractivity contribution in [2.24, 2.45) is 17.8 Å². The van der Waals surface area contributed by atoms with Crippen LogP contribution in [0.1, 0.15) is 94.9 Å². The van der Waals surface area contributed by atoms with Crippen LogP contribution in [-0.4, -0.2) is 167 Å². The van der Waals surface area contributed by atoms with E-state index < -0.39 is 89.9 Å². The summed E-state index contributed by atoms with van der Waals surface area (Å²) in [6.45, 7) is 23.4. The van der Waals surface area contributed by atoms with Gasteiger partial charge in [0.05, 0.1) is 47.6 Å². The summed E-state index contributed by atoms with van der Waals surface area (Å²) in [5, 5.41) is 47.5. The third-order valence-electron chi connectivity index (χ3n) is 13.0. The second kappa shape index (κ2) is 18.3. The highest BCUT2D eigenvalue weighted by atomic mass is 16.7. The van der Waals surface area contributed by atoms with Crippen molar-refractivity contribution in [3.05, 3.63) is 12.7 Å². The normalized spacial score (nSPS) is 50.8. The molecule has 320 valence electrons. The molecule has 55 heavy (non-hydrogen) atoms. The molecule has 0 aliphatic carbocycles. The summed E-state index contributed by atoms with van der Waals surface area (Å²) in [5.41, 5.74) is -4.13. The van der Waals surface area contributed by atoms with Crippen molar-refractivity contribution in [2.45, 2.75) is 191 Å². The van der Waals surface area contributed by atoms with Crippen LogP contribution >= 0.6 is 0 Å². The highest BCUT2D eigenvalue weighted by Crippen LogP contribution is 2.41. The van der Waals surface area contributed by atoms with Crippen LogP contribution in [0.3, 0.4) is 0 Å². The van der Waals surface area contributed by atoms with Crippen molar-refractivity contribution in [3.8, 4) is 0 Å². The van der Waals surface area contributed by atoms with E-state index in [2.05, 4.69) is 18.4 Å². The first-order chi connectivity index (χ1) is 25.5. The van der Waals surface area contributed by atoms with E-state index in [4.69, 9.17) is 33.2 Å². The third kappa shape index (κ3) is 10.1. The first-order valence-corrected chi connectivity index (χ1v) is 20.4. The Bertz CT molecular complexity index is 1270. The zero-order chi connectivity index (χ0) is 41.4. The topological polar surface area (TPSA) is 169 Å². The molecule has 4 saturated heterocycles. The summed E-state index contributed by atoms with van der Waals surface area (Å²) in [6.07, 6.45) is -5.95. The SMILES string of the molecule is C=CC1CN2C[C@@H](C)C[C@@](C)(O)[C@@H](O[C@@H]3O[C@H](C)C[C@H](N(C)C)[C@H]3O)[C@H](C)[C@@H](O[C@H]3C[C@@](C)(OC)[C@@H](O)[C@H](C)O3)[C@@H](C)C(=O)O[C@@H](CC)[C@@](C)(O)[C@@H](O1)[C@H]2C. The fraction of sp³-hybridized carbons (Fsp3) is 0.927. The molecule has 14 heteroatoms.